The smallest absolute Gasteiger partial charge is 0.152 e. The van der Waals surface area contributed by atoms with Crippen molar-refractivity contribution in [3.8, 4) is 0 Å². The second-order valence-electron chi connectivity index (χ2n) is 5.55. The van der Waals surface area contributed by atoms with Crippen molar-refractivity contribution in [2.75, 3.05) is 5.73 Å². The van der Waals surface area contributed by atoms with E-state index in [0.717, 1.165) is 47.1 Å². The second-order valence-corrected chi connectivity index (χ2v) is 5.55. The van der Waals surface area contributed by atoms with Gasteiger partial charge in [-0.1, -0.05) is 25.1 Å². The maximum absolute atomic E-state index is 11.2. The highest BCUT2D eigenvalue weighted by atomic mass is 16.1. The standard InChI is InChI=1S/C17H20N4O/c1-3-14-20-15-16(21(14)10-6-7-11(2)22)12-8-4-5-9-13(12)19-17(15)18/h4-5,8-9H,3,6-7,10H2,1-2H3,(H2,18,19). The first kappa shape index (κ1) is 14.5. The third-order valence-corrected chi connectivity index (χ3v) is 3.92. The molecule has 0 aliphatic carbocycles. The van der Waals surface area contributed by atoms with Gasteiger partial charge >= 0.3 is 0 Å². The topological polar surface area (TPSA) is 73.8 Å². The highest BCUT2D eigenvalue weighted by molar-refractivity contribution is 6.06. The Balaban J connectivity index is 2.21. The summed E-state index contributed by atoms with van der Waals surface area (Å²) in [7, 11) is 0. The molecule has 0 amide bonds. The van der Waals surface area contributed by atoms with E-state index in [1.165, 1.54) is 0 Å². The summed E-state index contributed by atoms with van der Waals surface area (Å²) in [5.74, 6) is 1.67. The van der Waals surface area contributed by atoms with Crippen LogP contribution in [0.15, 0.2) is 24.3 Å². The molecule has 0 saturated carbocycles. The van der Waals surface area contributed by atoms with Crippen molar-refractivity contribution in [1.29, 1.82) is 0 Å². The number of aryl methyl sites for hydroxylation is 2. The number of pyridine rings is 1. The Morgan fingerprint density at radius 3 is 2.77 bits per heavy atom. The van der Waals surface area contributed by atoms with Gasteiger partial charge in [0.2, 0.25) is 0 Å². The molecule has 0 aliphatic rings. The molecule has 0 atom stereocenters. The van der Waals surface area contributed by atoms with Crippen molar-refractivity contribution < 1.29 is 4.79 Å². The summed E-state index contributed by atoms with van der Waals surface area (Å²) in [5, 5.41) is 1.06. The van der Waals surface area contributed by atoms with Crippen molar-refractivity contribution in [2.24, 2.45) is 0 Å². The molecule has 0 saturated heterocycles. The highest BCUT2D eigenvalue weighted by Crippen LogP contribution is 2.29. The van der Waals surface area contributed by atoms with Crippen molar-refractivity contribution in [3.63, 3.8) is 0 Å². The number of para-hydroxylation sites is 1. The van der Waals surface area contributed by atoms with Gasteiger partial charge < -0.3 is 15.1 Å². The van der Waals surface area contributed by atoms with Gasteiger partial charge in [-0.15, -0.1) is 0 Å². The van der Waals surface area contributed by atoms with Crippen LogP contribution in [-0.4, -0.2) is 20.3 Å². The summed E-state index contributed by atoms with van der Waals surface area (Å²) in [6.07, 6.45) is 2.22. The number of nitrogens with two attached hydrogens (primary N) is 1. The number of nitrogen functional groups attached to an aromatic ring is 1. The Kier molecular flexibility index (Phi) is 3.79. The van der Waals surface area contributed by atoms with Crippen LogP contribution in [0.4, 0.5) is 5.82 Å². The van der Waals surface area contributed by atoms with Crippen LogP contribution in [0.25, 0.3) is 21.9 Å². The molecule has 0 fully saturated rings. The third-order valence-electron chi connectivity index (χ3n) is 3.92. The van der Waals surface area contributed by atoms with E-state index in [-0.39, 0.29) is 5.78 Å². The number of fused-ring (bicyclic) bond motifs is 3. The summed E-state index contributed by atoms with van der Waals surface area (Å²) in [5.41, 5.74) is 8.77. The van der Waals surface area contributed by atoms with Gasteiger partial charge in [-0.3, -0.25) is 0 Å². The molecule has 5 heteroatoms. The quantitative estimate of drug-likeness (QED) is 0.785. The summed E-state index contributed by atoms with van der Waals surface area (Å²) in [4.78, 5) is 20.3. The number of imidazole rings is 1. The van der Waals surface area contributed by atoms with Gasteiger partial charge in [0.05, 0.1) is 11.0 Å². The Bertz CT molecular complexity index is 851. The fourth-order valence-corrected chi connectivity index (χ4v) is 2.90. The predicted molar refractivity (Wildman–Crippen MR) is 88.7 cm³/mol. The fraction of sp³-hybridized carbons (Fsp3) is 0.353. The van der Waals surface area contributed by atoms with Crippen LogP contribution in [0.1, 0.15) is 32.5 Å². The zero-order chi connectivity index (χ0) is 15.7. The van der Waals surface area contributed by atoms with E-state index in [1.807, 2.05) is 24.3 Å². The van der Waals surface area contributed by atoms with E-state index in [2.05, 4.69) is 21.5 Å². The lowest BCUT2D eigenvalue weighted by molar-refractivity contribution is -0.117. The minimum Gasteiger partial charge on any atom is -0.382 e. The van der Waals surface area contributed by atoms with Gasteiger partial charge in [0, 0.05) is 24.8 Å². The molecule has 0 spiro atoms. The van der Waals surface area contributed by atoms with E-state index in [0.29, 0.717) is 12.2 Å². The lowest BCUT2D eigenvalue weighted by Gasteiger charge is -2.09. The van der Waals surface area contributed by atoms with Gasteiger partial charge in [-0.2, -0.15) is 0 Å². The number of hydrogen-bond donors (Lipinski definition) is 1. The van der Waals surface area contributed by atoms with Crippen LogP contribution >= 0.6 is 0 Å². The minimum atomic E-state index is 0.216. The molecule has 114 valence electrons. The summed E-state index contributed by atoms with van der Waals surface area (Å²) in [6.45, 7) is 4.48. The number of hydrogen-bond acceptors (Lipinski definition) is 4. The molecule has 0 aliphatic heterocycles. The number of anilines is 1. The normalized spacial score (nSPS) is 11.4. The van der Waals surface area contributed by atoms with Gasteiger partial charge in [0.1, 0.15) is 17.1 Å². The maximum atomic E-state index is 11.2. The number of carbonyl (C=O) groups is 1. The number of ketones is 1. The van der Waals surface area contributed by atoms with E-state index in [4.69, 9.17) is 5.73 Å². The number of benzene rings is 1. The van der Waals surface area contributed by atoms with Crippen LogP contribution in [-0.2, 0) is 17.8 Å². The average Bonchev–Trinajstić information content (AvgIpc) is 2.87. The molecule has 0 unspecified atom stereocenters. The Morgan fingerprint density at radius 1 is 1.27 bits per heavy atom. The van der Waals surface area contributed by atoms with E-state index in [9.17, 15) is 4.79 Å². The number of nitrogens with zero attached hydrogens (tertiary/aromatic N) is 3. The summed E-state index contributed by atoms with van der Waals surface area (Å²) in [6, 6.07) is 7.96. The van der Waals surface area contributed by atoms with Crippen molar-refractivity contribution >= 4 is 33.5 Å². The van der Waals surface area contributed by atoms with Crippen molar-refractivity contribution in [1.82, 2.24) is 14.5 Å². The average molecular weight is 296 g/mol. The molecule has 3 rings (SSSR count). The molecule has 2 heterocycles. The molecule has 2 aromatic heterocycles. The lowest BCUT2D eigenvalue weighted by Crippen LogP contribution is -2.05. The van der Waals surface area contributed by atoms with Crippen molar-refractivity contribution in [3.05, 3.63) is 30.1 Å². The van der Waals surface area contributed by atoms with E-state index < -0.39 is 0 Å². The molecule has 1 aromatic carbocycles. The second kappa shape index (κ2) is 5.75. The van der Waals surface area contributed by atoms with Gasteiger partial charge in [-0.05, 0) is 19.4 Å². The minimum absolute atomic E-state index is 0.216. The molecule has 22 heavy (non-hydrogen) atoms. The highest BCUT2D eigenvalue weighted by Gasteiger charge is 2.16. The first-order chi connectivity index (χ1) is 10.6. The first-order valence-corrected chi connectivity index (χ1v) is 7.64. The molecule has 3 aromatic rings. The zero-order valence-corrected chi connectivity index (χ0v) is 13.0. The molecule has 0 radical (unpaired) electrons. The van der Waals surface area contributed by atoms with E-state index >= 15 is 0 Å². The first-order valence-electron chi connectivity index (χ1n) is 7.64. The van der Waals surface area contributed by atoms with Crippen LogP contribution in [0.3, 0.4) is 0 Å². The molecule has 0 bridgehead atoms. The number of carbonyl (C=O) groups excluding carboxylic acids is 1. The van der Waals surface area contributed by atoms with Crippen LogP contribution < -0.4 is 5.73 Å². The summed E-state index contributed by atoms with van der Waals surface area (Å²) >= 11 is 0. The molecular weight excluding hydrogens is 276 g/mol. The van der Waals surface area contributed by atoms with Crippen molar-refractivity contribution in [2.45, 2.75) is 39.7 Å². The SMILES string of the molecule is CCc1nc2c(N)nc3ccccc3c2n1CCCC(C)=O. The van der Waals surface area contributed by atoms with Gasteiger partial charge in [0.25, 0.3) is 0 Å². The monoisotopic (exact) mass is 296 g/mol. The van der Waals surface area contributed by atoms with E-state index in [1.54, 1.807) is 6.92 Å². The Hall–Kier alpha value is -2.43. The third kappa shape index (κ3) is 2.43. The molecular formula is C17H20N4O. The Labute approximate surface area is 129 Å². The molecule has 2 N–H and O–H groups in total. The van der Waals surface area contributed by atoms with Crippen LogP contribution in [0, 0.1) is 0 Å². The zero-order valence-electron chi connectivity index (χ0n) is 13.0. The van der Waals surface area contributed by atoms with Crippen LogP contribution in [0.2, 0.25) is 0 Å². The van der Waals surface area contributed by atoms with Gasteiger partial charge in [0.15, 0.2) is 5.82 Å². The Morgan fingerprint density at radius 2 is 2.05 bits per heavy atom. The maximum Gasteiger partial charge on any atom is 0.152 e. The number of rotatable bonds is 5. The van der Waals surface area contributed by atoms with Crippen LogP contribution in [0.5, 0.6) is 0 Å². The number of aromatic nitrogens is 3. The molecule has 5 nitrogen and oxygen atoms in total. The summed E-state index contributed by atoms with van der Waals surface area (Å²) < 4.78 is 2.19. The predicted octanol–water partition coefficient (Wildman–Crippen LogP) is 3.10. The largest absolute Gasteiger partial charge is 0.382 e. The number of Topliss-reactive ketones (excluding diaryl/α,β-unsaturated/α-hetero) is 1. The lowest BCUT2D eigenvalue weighted by atomic mass is 10.1. The fourth-order valence-electron chi connectivity index (χ4n) is 2.90. The van der Waals surface area contributed by atoms with Gasteiger partial charge in [-0.25, -0.2) is 9.97 Å².